The Morgan fingerprint density at radius 3 is 1.55 bits per heavy atom. The number of hydrogen-bond donors (Lipinski definition) is 0. The molecule has 0 amide bonds. The van der Waals surface area contributed by atoms with Crippen LogP contribution >= 0.6 is 0 Å². The first-order chi connectivity index (χ1) is 4.77. The fourth-order valence-corrected chi connectivity index (χ4v) is 2.22. The van der Waals surface area contributed by atoms with Crippen molar-refractivity contribution in [1.29, 1.82) is 0 Å². The van der Waals surface area contributed by atoms with Crippen molar-refractivity contribution in [1.82, 2.24) is 0 Å². The van der Waals surface area contributed by atoms with Gasteiger partial charge in [-0.1, -0.05) is 27.7 Å². The van der Waals surface area contributed by atoms with Gasteiger partial charge in [0.1, 0.15) is 0 Å². The van der Waals surface area contributed by atoms with E-state index in [9.17, 15) is 0 Å². The molecule has 0 aromatic rings. The van der Waals surface area contributed by atoms with Crippen LogP contribution in [0.2, 0.25) is 0 Å². The molecule has 0 spiro atoms. The third-order valence-corrected chi connectivity index (χ3v) is 4.24. The highest BCUT2D eigenvalue weighted by molar-refractivity contribution is 5.12. The number of hydrogen-bond acceptors (Lipinski definition) is 1. The summed E-state index contributed by atoms with van der Waals surface area (Å²) in [7, 11) is 1.82. The van der Waals surface area contributed by atoms with Crippen molar-refractivity contribution in [2.24, 2.45) is 10.8 Å². The minimum absolute atomic E-state index is 0.0938. The van der Waals surface area contributed by atoms with Gasteiger partial charge in [-0.25, -0.2) is 0 Å². The first-order valence-corrected chi connectivity index (χ1v) is 4.32. The molecule has 1 unspecified atom stereocenters. The maximum Gasteiger partial charge on any atom is 0.0711 e. The Kier molecular flexibility index (Phi) is 1.65. The predicted molar refractivity (Wildman–Crippen MR) is 47.6 cm³/mol. The fraction of sp³-hybridized carbons (Fsp3) is 1.00. The molecule has 1 rings (SSSR count). The van der Waals surface area contributed by atoms with Gasteiger partial charge in [-0.05, 0) is 24.2 Å². The smallest absolute Gasteiger partial charge is 0.0711 e. The maximum absolute atomic E-state index is 5.52. The molecule has 66 valence electrons. The van der Waals surface area contributed by atoms with E-state index in [-0.39, 0.29) is 5.60 Å². The molecule has 1 aliphatic carbocycles. The second-order valence-electron chi connectivity index (χ2n) is 5.12. The summed E-state index contributed by atoms with van der Waals surface area (Å²) < 4.78 is 5.52. The van der Waals surface area contributed by atoms with E-state index in [1.807, 2.05) is 7.11 Å². The molecule has 0 aromatic carbocycles. The van der Waals surface area contributed by atoms with E-state index in [0.29, 0.717) is 10.8 Å². The molecule has 1 saturated carbocycles. The van der Waals surface area contributed by atoms with Crippen LogP contribution in [0.4, 0.5) is 0 Å². The molecule has 1 aliphatic rings. The zero-order chi connectivity index (χ0) is 8.91. The maximum atomic E-state index is 5.52. The molecular formula is C10H20O. The average Bonchev–Trinajstić information content (AvgIpc) is 1.86. The molecule has 0 saturated heterocycles. The second-order valence-corrected chi connectivity index (χ2v) is 5.12. The van der Waals surface area contributed by atoms with Gasteiger partial charge >= 0.3 is 0 Å². The monoisotopic (exact) mass is 156 g/mol. The van der Waals surface area contributed by atoms with Crippen molar-refractivity contribution in [3.63, 3.8) is 0 Å². The van der Waals surface area contributed by atoms with Crippen LogP contribution in [0.15, 0.2) is 0 Å². The Balaban J connectivity index is 2.84. The lowest BCUT2D eigenvalue weighted by molar-refractivity contribution is -0.240. The quantitative estimate of drug-likeness (QED) is 0.567. The molecule has 0 bridgehead atoms. The van der Waals surface area contributed by atoms with Crippen LogP contribution in [0.3, 0.4) is 0 Å². The van der Waals surface area contributed by atoms with Crippen molar-refractivity contribution in [3.05, 3.63) is 0 Å². The summed E-state index contributed by atoms with van der Waals surface area (Å²) in [6, 6.07) is 0. The van der Waals surface area contributed by atoms with Crippen molar-refractivity contribution < 1.29 is 4.74 Å². The topological polar surface area (TPSA) is 9.23 Å². The van der Waals surface area contributed by atoms with Crippen LogP contribution in [0, 0.1) is 10.8 Å². The van der Waals surface area contributed by atoms with Crippen LogP contribution in [-0.4, -0.2) is 12.7 Å². The zero-order valence-electron chi connectivity index (χ0n) is 8.62. The number of methoxy groups -OCH3 is 1. The first kappa shape index (κ1) is 9.05. The number of ether oxygens (including phenoxy) is 1. The van der Waals surface area contributed by atoms with E-state index in [0.717, 1.165) is 0 Å². The van der Waals surface area contributed by atoms with E-state index in [4.69, 9.17) is 4.74 Å². The largest absolute Gasteiger partial charge is 0.378 e. The van der Waals surface area contributed by atoms with Gasteiger partial charge in [-0.3, -0.25) is 0 Å². The van der Waals surface area contributed by atoms with Crippen LogP contribution in [0.5, 0.6) is 0 Å². The lowest BCUT2D eigenvalue weighted by atomic mass is 9.44. The normalized spacial score (nSPS) is 39.8. The lowest BCUT2D eigenvalue weighted by Crippen LogP contribution is -2.64. The third kappa shape index (κ3) is 0.868. The molecule has 0 radical (unpaired) electrons. The third-order valence-electron chi connectivity index (χ3n) is 4.24. The van der Waals surface area contributed by atoms with E-state index in [1.54, 1.807) is 0 Å². The Hall–Kier alpha value is -0.0400. The van der Waals surface area contributed by atoms with Gasteiger partial charge in [0.15, 0.2) is 0 Å². The van der Waals surface area contributed by atoms with Crippen molar-refractivity contribution >= 4 is 0 Å². The minimum Gasteiger partial charge on any atom is -0.378 e. The first-order valence-electron chi connectivity index (χ1n) is 4.32. The summed E-state index contributed by atoms with van der Waals surface area (Å²) in [6.45, 7) is 11.4. The minimum atomic E-state index is 0.0938. The highest BCUT2D eigenvalue weighted by atomic mass is 16.5. The van der Waals surface area contributed by atoms with E-state index in [2.05, 4.69) is 34.6 Å². The zero-order valence-corrected chi connectivity index (χ0v) is 8.62. The van der Waals surface area contributed by atoms with Crippen molar-refractivity contribution in [3.8, 4) is 0 Å². The van der Waals surface area contributed by atoms with Crippen LogP contribution < -0.4 is 0 Å². The van der Waals surface area contributed by atoms with E-state index >= 15 is 0 Å². The molecule has 0 N–H and O–H groups in total. The van der Waals surface area contributed by atoms with Gasteiger partial charge in [0, 0.05) is 7.11 Å². The summed E-state index contributed by atoms with van der Waals surface area (Å²) in [6.07, 6.45) is 1.17. The molecule has 0 aliphatic heterocycles. The van der Waals surface area contributed by atoms with Gasteiger partial charge in [0.25, 0.3) is 0 Å². The molecule has 0 heterocycles. The van der Waals surface area contributed by atoms with Gasteiger partial charge in [-0.2, -0.15) is 0 Å². The highest BCUT2D eigenvalue weighted by Gasteiger charge is 2.62. The van der Waals surface area contributed by atoms with Gasteiger partial charge in [0.05, 0.1) is 5.60 Å². The molecular weight excluding hydrogens is 136 g/mol. The number of rotatable bonds is 1. The molecule has 1 nitrogen and oxygen atoms in total. The standard InChI is InChI=1S/C10H20O/c1-8(2)7-10(5,11-6)9(8,3)4/h7H2,1-6H3. The summed E-state index contributed by atoms with van der Waals surface area (Å²) in [5.74, 6) is 0. The SMILES string of the molecule is COC1(C)CC(C)(C)C1(C)C. The van der Waals surface area contributed by atoms with Crippen molar-refractivity contribution in [2.75, 3.05) is 7.11 Å². The summed E-state index contributed by atoms with van der Waals surface area (Å²) >= 11 is 0. The van der Waals surface area contributed by atoms with E-state index < -0.39 is 0 Å². The highest BCUT2D eigenvalue weighted by Crippen LogP contribution is 2.63. The van der Waals surface area contributed by atoms with Gasteiger partial charge < -0.3 is 4.74 Å². The molecule has 1 fully saturated rings. The average molecular weight is 156 g/mol. The summed E-state index contributed by atoms with van der Waals surface area (Å²) in [5, 5.41) is 0. The van der Waals surface area contributed by atoms with E-state index in [1.165, 1.54) is 6.42 Å². The van der Waals surface area contributed by atoms with Crippen molar-refractivity contribution in [2.45, 2.75) is 46.6 Å². The fourth-order valence-electron chi connectivity index (χ4n) is 2.22. The Bertz CT molecular complexity index is 170. The molecule has 11 heavy (non-hydrogen) atoms. The van der Waals surface area contributed by atoms with Crippen LogP contribution in [0.25, 0.3) is 0 Å². The van der Waals surface area contributed by atoms with Crippen LogP contribution in [0.1, 0.15) is 41.0 Å². The molecule has 1 atom stereocenters. The predicted octanol–water partition coefficient (Wildman–Crippen LogP) is 2.85. The molecule has 0 aromatic heterocycles. The Morgan fingerprint density at radius 2 is 1.45 bits per heavy atom. The lowest BCUT2D eigenvalue weighted by Gasteiger charge is -2.65. The Morgan fingerprint density at radius 1 is 1.00 bits per heavy atom. The van der Waals surface area contributed by atoms with Gasteiger partial charge in [0.2, 0.25) is 0 Å². The second kappa shape index (κ2) is 2.01. The summed E-state index contributed by atoms with van der Waals surface area (Å²) in [4.78, 5) is 0. The van der Waals surface area contributed by atoms with Gasteiger partial charge in [-0.15, -0.1) is 0 Å². The molecule has 1 heteroatoms. The van der Waals surface area contributed by atoms with Crippen LogP contribution in [-0.2, 0) is 4.74 Å². The summed E-state index contributed by atoms with van der Waals surface area (Å²) in [5.41, 5.74) is 0.822. The Labute approximate surface area is 70.1 Å².